The number of nitrogens with one attached hydrogen (secondary N) is 3. The maximum absolute atomic E-state index is 8.92. The predicted octanol–water partition coefficient (Wildman–Crippen LogP) is 9.73. The van der Waals surface area contributed by atoms with E-state index >= 15 is 0 Å². The highest BCUT2D eigenvalue weighted by Gasteiger charge is 2.12. The van der Waals surface area contributed by atoms with Crippen LogP contribution in [0.15, 0.2) is 138 Å². The van der Waals surface area contributed by atoms with Crippen LogP contribution in [-0.4, -0.2) is 21.4 Å². The second-order valence-corrected chi connectivity index (χ2v) is 10.6. The van der Waals surface area contributed by atoms with Gasteiger partial charge in [0.15, 0.2) is 0 Å². The third kappa shape index (κ3) is 4.95. The average Bonchev–Trinajstić information content (AvgIpc) is 3.66. The third-order valence-electron chi connectivity index (χ3n) is 7.87. The molecule has 3 N–H and O–H groups in total. The molecule has 2 heterocycles. The van der Waals surface area contributed by atoms with Crippen LogP contribution in [0.4, 0.5) is 5.69 Å². The minimum Gasteiger partial charge on any atom is -0.355 e. The van der Waals surface area contributed by atoms with Gasteiger partial charge in [-0.25, -0.2) is 0 Å². The van der Waals surface area contributed by atoms with Gasteiger partial charge >= 0.3 is 0 Å². The zero-order valence-corrected chi connectivity index (χ0v) is 23.4. The Morgan fingerprint density at radius 1 is 0.595 bits per heavy atom. The minimum absolute atomic E-state index is 0.551. The molecule has 0 aliphatic heterocycles. The van der Waals surface area contributed by atoms with E-state index in [2.05, 4.69) is 101 Å². The van der Waals surface area contributed by atoms with Crippen LogP contribution >= 0.6 is 0 Å². The Bertz CT molecular complexity index is 2020. The van der Waals surface area contributed by atoms with Crippen LogP contribution in [0.3, 0.4) is 0 Å². The standard InChI is InChI=1S/C38H30N4/c1-25(40-36-17-9-6-14-32(36)38-24-30-12-4-8-16-35(30)42-38)26-18-20-27(21-19-26)33(39)22-28-10-2-5-13-31(28)37-23-29-11-3-7-15-34(29)41-37/h2-21,23-24,39,41-42H,22H2,1H3. The van der Waals surface area contributed by atoms with Gasteiger partial charge in [-0.05, 0) is 53.9 Å². The van der Waals surface area contributed by atoms with Crippen molar-refractivity contribution in [2.75, 3.05) is 0 Å². The maximum Gasteiger partial charge on any atom is 0.0726 e. The van der Waals surface area contributed by atoms with Crippen molar-refractivity contribution in [3.8, 4) is 22.5 Å². The van der Waals surface area contributed by atoms with Crippen LogP contribution in [0.25, 0.3) is 44.3 Å². The number of para-hydroxylation sites is 3. The molecule has 4 heteroatoms. The Balaban J connectivity index is 1.12. The highest BCUT2D eigenvalue weighted by molar-refractivity contribution is 6.04. The van der Waals surface area contributed by atoms with E-state index < -0.39 is 0 Å². The van der Waals surface area contributed by atoms with E-state index in [9.17, 15) is 0 Å². The topological polar surface area (TPSA) is 67.8 Å². The number of aliphatic imine (C=N–C) groups is 1. The third-order valence-corrected chi connectivity index (χ3v) is 7.87. The molecule has 0 saturated carbocycles. The first-order valence-corrected chi connectivity index (χ1v) is 14.2. The van der Waals surface area contributed by atoms with E-state index in [1.54, 1.807) is 0 Å². The molecule has 0 saturated heterocycles. The summed E-state index contributed by atoms with van der Waals surface area (Å²) in [6.07, 6.45) is 0.551. The largest absolute Gasteiger partial charge is 0.355 e. The number of nitrogens with zero attached hydrogens (tertiary/aromatic N) is 1. The second kappa shape index (κ2) is 10.8. The van der Waals surface area contributed by atoms with Gasteiger partial charge in [-0.3, -0.25) is 4.99 Å². The summed E-state index contributed by atoms with van der Waals surface area (Å²) in [5.74, 6) is 0. The van der Waals surface area contributed by atoms with Gasteiger partial charge in [-0.15, -0.1) is 0 Å². The summed E-state index contributed by atoms with van der Waals surface area (Å²) in [5.41, 5.74) is 12.1. The molecule has 2 aromatic heterocycles. The fraction of sp³-hybridized carbons (Fsp3) is 0.0526. The molecule has 0 aliphatic carbocycles. The molecule has 0 bridgehead atoms. The van der Waals surface area contributed by atoms with Crippen LogP contribution in [0.5, 0.6) is 0 Å². The normalized spacial score (nSPS) is 11.8. The molecule has 7 rings (SSSR count). The molecule has 0 atom stereocenters. The fourth-order valence-electron chi connectivity index (χ4n) is 5.62. The lowest BCUT2D eigenvalue weighted by Crippen LogP contribution is -2.05. The Morgan fingerprint density at radius 2 is 1.12 bits per heavy atom. The van der Waals surface area contributed by atoms with Gasteiger partial charge in [-0.2, -0.15) is 0 Å². The van der Waals surface area contributed by atoms with Gasteiger partial charge in [0.1, 0.15) is 0 Å². The molecule has 0 fully saturated rings. The molecule has 0 amide bonds. The van der Waals surface area contributed by atoms with Gasteiger partial charge in [-0.1, -0.05) is 103 Å². The summed E-state index contributed by atoms with van der Waals surface area (Å²) in [7, 11) is 0. The Kier molecular flexibility index (Phi) is 6.57. The van der Waals surface area contributed by atoms with Crippen LogP contribution in [-0.2, 0) is 6.42 Å². The Labute approximate surface area is 244 Å². The quantitative estimate of drug-likeness (QED) is 0.168. The molecule has 5 aromatic carbocycles. The van der Waals surface area contributed by atoms with Crippen molar-refractivity contribution in [3.63, 3.8) is 0 Å². The lowest BCUT2D eigenvalue weighted by Gasteiger charge is -2.11. The molecular weight excluding hydrogens is 512 g/mol. The van der Waals surface area contributed by atoms with Gasteiger partial charge in [0, 0.05) is 62.2 Å². The van der Waals surface area contributed by atoms with Crippen molar-refractivity contribution in [2.45, 2.75) is 13.3 Å². The highest BCUT2D eigenvalue weighted by atomic mass is 14.8. The lowest BCUT2D eigenvalue weighted by molar-refractivity contribution is 1.27. The SMILES string of the molecule is CC(=Nc1ccccc1-c1cc2ccccc2[nH]1)c1ccc(C(=N)Cc2ccccc2-c2cc3ccccc3[nH]2)cc1. The van der Waals surface area contributed by atoms with Gasteiger partial charge < -0.3 is 15.4 Å². The van der Waals surface area contributed by atoms with Crippen LogP contribution < -0.4 is 0 Å². The van der Waals surface area contributed by atoms with Crippen LogP contribution in [0, 0.1) is 5.41 Å². The number of rotatable bonds is 7. The molecule has 202 valence electrons. The van der Waals surface area contributed by atoms with Crippen LogP contribution in [0.2, 0.25) is 0 Å². The van der Waals surface area contributed by atoms with E-state index in [1.165, 1.54) is 10.8 Å². The zero-order chi connectivity index (χ0) is 28.5. The zero-order valence-electron chi connectivity index (χ0n) is 23.4. The van der Waals surface area contributed by atoms with Gasteiger partial charge in [0.25, 0.3) is 0 Å². The molecule has 0 spiro atoms. The van der Waals surface area contributed by atoms with E-state index in [4.69, 9.17) is 10.4 Å². The smallest absolute Gasteiger partial charge is 0.0726 e. The molecule has 42 heavy (non-hydrogen) atoms. The van der Waals surface area contributed by atoms with E-state index in [-0.39, 0.29) is 0 Å². The first-order chi connectivity index (χ1) is 20.6. The molecule has 0 radical (unpaired) electrons. The van der Waals surface area contributed by atoms with Crippen LogP contribution in [0.1, 0.15) is 23.6 Å². The number of hydrogen-bond acceptors (Lipinski definition) is 2. The van der Waals surface area contributed by atoms with E-state index in [0.29, 0.717) is 12.1 Å². The lowest BCUT2D eigenvalue weighted by atomic mass is 9.96. The molecule has 0 aliphatic rings. The summed E-state index contributed by atoms with van der Waals surface area (Å²) in [4.78, 5) is 12.1. The van der Waals surface area contributed by atoms with Crippen molar-refractivity contribution >= 4 is 38.9 Å². The second-order valence-electron chi connectivity index (χ2n) is 10.6. The summed E-state index contributed by atoms with van der Waals surface area (Å²) in [6, 6.07) is 45.8. The number of H-pyrrole nitrogens is 2. The van der Waals surface area contributed by atoms with Gasteiger partial charge in [0.05, 0.1) is 5.69 Å². The Morgan fingerprint density at radius 3 is 1.79 bits per heavy atom. The predicted molar refractivity (Wildman–Crippen MR) is 176 cm³/mol. The maximum atomic E-state index is 8.92. The van der Waals surface area contributed by atoms with E-state index in [1.807, 2.05) is 49.4 Å². The molecule has 0 unspecified atom stereocenters. The van der Waals surface area contributed by atoms with Crippen molar-refractivity contribution in [2.24, 2.45) is 4.99 Å². The first-order valence-electron chi connectivity index (χ1n) is 14.2. The Hall–Kier alpha value is -5.48. The van der Waals surface area contributed by atoms with Crippen molar-refractivity contribution in [1.29, 1.82) is 5.41 Å². The van der Waals surface area contributed by atoms with Crippen molar-refractivity contribution in [3.05, 3.63) is 150 Å². The molecule has 7 aromatic rings. The van der Waals surface area contributed by atoms with Gasteiger partial charge in [0.2, 0.25) is 0 Å². The summed E-state index contributed by atoms with van der Waals surface area (Å²) < 4.78 is 0. The molecular formula is C38H30N4. The highest BCUT2D eigenvalue weighted by Crippen LogP contribution is 2.32. The first kappa shape index (κ1) is 25.5. The number of hydrogen-bond donors (Lipinski definition) is 3. The minimum atomic E-state index is 0.551. The number of benzene rings is 5. The van der Waals surface area contributed by atoms with E-state index in [0.717, 1.165) is 61.6 Å². The monoisotopic (exact) mass is 542 g/mol. The average molecular weight is 543 g/mol. The van der Waals surface area contributed by atoms with Crippen molar-refractivity contribution < 1.29 is 0 Å². The number of aromatic amines is 2. The molecule has 4 nitrogen and oxygen atoms in total. The number of aromatic nitrogens is 2. The summed E-state index contributed by atoms with van der Waals surface area (Å²) >= 11 is 0. The summed E-state index contributed by atoms with van der Waals surface area (Å²) in [6.45, 7) is 2.04. The van der Waals surface area contributed by atoms with Crippen molar-refractivity contribution in [1.82, 2.24) is 9.97 Å². The fourth-order valence-corrected chi connectivity index (χ4v) is 5.62. The number of fused-ring (bicyclic) bond motifs is 2. The summed E-state index contributed by atoms with van der Waals surface area (Å²) in [5, 5.41) is 11.3.